The highest BCUT2D eigenvalue weighted by molar-refractivity contribution is 5.95. The minimum absolute atomic E-state index is 0.0525. The molecule has 5 nitrogen and oxygen atoms in total. The standard InChI is InChI=1S/C18H25N3O2/c1-4-18(3,10-11-22)20-17(23)16-12-19-21(14(16)2)13-15-8-6-5-7-9-15/h5-9,12,22H,4,10-11,13H2,1-3H3,(H,20,23). The third-order valence-corrected chi connectivity index (χ3v) is 4.38. The summed E-state index contributed by atoms with van der Waals surface area (Å²) < 4.78 is 1.83. The third-order valence-electron chi connectivity index (χ3n) is 4.38. The first kappa shape index (κ1) is 17.2. The van der Waals surface area contributed by atoms with Gasteiger partial charge in [-0.25, -0.2) is 0 Å². The Morgan fingerprint density at radius 3 is 2.65 bits per heavy atom. The number of amides is 1. The Labute approximate surface area is 137 Å². The van der Waals surface area contributed by atoms with E-state index in [0.717, 1.165) is 17.7 Å². The van der Waals surface area contributed by atoms with Crippen LogP contribution in [0.4, 0.5) is 0 Å². The predicted molar refractivity (Wildman–Crippen MR) is 90.4 cm³/mol. The van der Waals surface area contributed by atoms with Crippen LogP contribution in [-0.2, 0) is 6.54 Å². The minimum Gasteiger partial charge on any atom is -0.396 e. The number of aliphatic hydroxyl groups is 1. The molecule has 2 aromatic rings. The van der Waals surface area contributed by atoms with Gasteiger partial charge in [0, 0.05) is 17.8 Å². The van der Waals surface area contributed by atoms with Crippen LogP contribution in [0.15, 0.2) is 36.5 Å². The highest BCUT2D eigenvalue weighted by Crippen LogP contribution is 2.17. The van der Waals surface area contributed by atoms with Crippen LogP contribution in [0.5, 0.6) is 0 Å². The summed E-state index contributed by atoms with van der Waals surface area (Å²) in [6.07, 6.45) is 2.91. The maximum atomic E-state index is 12.5. The van der Waals surface area contributed by atoms with E-state index in [1.54, 1.807) is 6.20 Å². The highest BCUT2D eigenvalue weighted by Gasteiger charge is 2.26. The van der Waals surface area contributed by atoms with Gasteiger partial charge in [-0.3, -0.25) is 9.48 Å². The van der Waals surface area contributed by atoms with Crippen molar-refractivity contribution < 1.29 is 9.90 Å². The number of hydrogen-bond acceptors (Lipinski definition) is 3. The van der Waals surface area contributed by atoms with Crippen molar-refractivity contribution in [2.75, 3.05) is 6.61 Å². The number of rotatable bonds is 7. The van der Waals surface area contributed by atoms with E-state index in [1.807, 2.05) is 55.8 Å². The maximum Gasteiger partial charge on any atom is 0.255 e. The topological polar surface area (TPSA) is 67.2 Å². The Morgan fingerprint density at radius 1 is 1.35 bits per heavy atom. The first-order valence-corrected chi connectivity index (χ1v) is 7.99. The molecule has 0 aliphatic rings. The van der Waals surface area contributed by atoms with Gasteiger partial charge in [0.2, 0.25) is 0 Å². The zero-order valence-electron chi connectivity index (χ0n) is 14.0. The first-order chi connectivity index (χ1) is 11.0. The van der Waals surface area contributed by atoms with Gasteiger partial charge in [0.25, 0.3) is 5.91 Å². The number of nitrogens with one attached hydrogen (secondary N) is 1. The fourth-order valence-corrected chi connectivity index (χ4v) is 2.50. The molecule has 1 amide bonds. The molecule has 0 fully saturated rings. The minimum atomic E-state index is -0.403. The lowest BCUT2D eigenvalue weighted by atomic mass is 9.94. The van der Waals surface area contributed by atoms with Gasteiger partial charge in [-0.05, 0) is 32.3 Å². The van der Waals surface area contributed by atoms with Crippen LogP contribution in [0.3, 0.4) is 0 Å². The fraction of sp³-hybridized carbons (Fsp3) is 0.444. The van der Waals surface area contributed by atoms with E-state index >= 15 is 0 Å². The van der Waals surface area contributed by atoms with Crippen LogP contribution >= 0.6 is 0 Å². The van der Waals surface area contributed by atoms with Gasteiger partial charge < -0.3 is 10.4 Å². The predicted octanol–water partition coefficient (Wildman–Crippen LogP) is 2.52. The zero-order chi connectivity index (χ0) is 16.9. The summed E-state index contributed by atoms with van der Waals surface area (Å²) in [6, 6.07) is 10.0. The highest BCUT2D eigenvalue weighted by atomic mass is 16.3. The average molecular weight is 315 g/mol. The van der Waals surface area contributed by atoms with Crippen molar-refractivity contribution in [3.63, 3.8) is 0 Å². The van der Waals surface area contributed by atoms with Crippen LogP contribution in [0.25, 0.3) is 0 Å². The molecular weight excluding hydrogens is 290 g/mol. The largest absolute Gasteiger partial charge is 0.396 e. The number of carbonyl (C=O) groups is 1. The number of aromatic nitrogens is 2. The summed E-state index contributed by atoms with van der Waals surface area (Å²) in [5.41, 5.74) is 2.16. The smallest absolute Gasteiger partial charge is 0.255 e. The molecule has 0 aliphatic heterocycles. The van der Waals surface area contributed by atoms with E-state index < -0.39 is 5.54 Å². The number of benzene rings is 1. The van der Waals surface area contributed by atoms with Gasteiger partial charge in [-0.1, -0.05) is 37.3 Å². The monoisotopic (exact) mass is 315 g/mol. The van der Waals surface area contributed by atoms with Crippen LogP contribution < -0.4 is 5.32 Å². The molecule has 2 N–H and O–H groups in total. The fourth-order valence-electron chi connectivity index (χ4n) is 2.50. The van der Waals surface area contributed by atoms with Crippen LogP contribution in [0.1, 0.15) is 48.3 Å². The number of nitrogens with zero attached hydrogens (tertiary/aromatic N) is 2. The van der Waals surface area contributed by atoms with E-state index in [9.17, 15) is 9.90 Å². The number of hydrogen-bond donors (Lipinski definition) is 2. The van der Waals surface area contributed by atoms with Crippen LogP contribution in [0.2, 0.25) is 0 Å². The number of carbonyl (C=O) groups excluding carboxylic acids is 1. The van der Waals surface area contributed by atoms with Crippen LogP contribution in [-0.4, -0.2) is 32.9 Å². The summed E-state index contributed by atoms with van der Waals surface area (Å²) in [6.45, 7) is 6.55. The Balaban J connectivity index is 2.13. The lowest BCUT2D eigenvalue weighted by Crippen LogP contribution is -2.46. The molecule has 0 radical (unpaired) electrons. The van der Waals surface area contributed by atoms with E-state index in [1.165, 1.54) is 0 Å². The molecule has 0 saturated heterocycles. The van der Waals surface area contributed by atoms with Crippen molar-refractivity contribution in [3.8, 4) is 0 Å². The van der Waals surface area contributed by atoms with Gasteiger partial charge in [-0.15, -0.1) is 0 Å². The summed E-state index contributed by atoms with van der Waals surface area (Å²) in [7, 11) is 0. The maximum absolute atomic E-state index is 12.5. The van der Waals surface area contributed by atoms with E-state index in [-0.39, 0.29) is 12.5 Å². The van der Waals surface area contributed by atoms with Gasteiger partial charge in [0.15, 0.2) is 0 Å². The molecule has 0 bridgehead atoms. The summed E-state index contributed by atoms with van der Waals surface area (Å²) in [5.74, 6) is -0.139. The summed E-state index contributed by atoms with van der Waals surface area (Å²) in [5, 5.41) is 16.5. The van der Waals surface area contributed by atoms with E-state index in [4.69, 9.17) is 0 Å². The zero-order valence-corrected chi connectivity index (χ0v) is 14.0. The Kier molecular flexibility index (Phi) is 5.55. The molecule has 5 heteroatoms. The Hall–Kier alpha value is -2.14. The first-order valence-electron chi connectivity index (χ1n) is 7.99. The Bertz CT molecular complexity index is 652. The van der Waals surface area contributed by atoms with Gasteiger partial charge in [-0.2, -0.15) is 5.10 Å². The van der Waals surface area contributed by atoms with Crippen molar-refractivity contribution in [3.05, 3.63) is 53.3 Å². The second kappa shape index (κ2) is 7.42. The second-order valence-corrected chi connectivity index (χ2v) is 6.13. The third kappa shape index (κ3) is 4.20. The summed E-state index contributed by atoms with van der Waals surface area (Å²) in [4.78, 5) is 12.5. The van der Waals surface area contributed by atoms with Crippen molar-refractivity contribution in [2.45, 2.75) is 45.7 Å². The van der Waals surface area contributed by atoms with Gasteiger partial charge >= 0.3 is 0 Å². The molecule has 1 aromatic carbocycles. The Morgan fingerprint density at radius 2 is 2.04 bits per heavy atom. The normalized spacial score (nSPS) is 13.6. The van der Waals surface area contributed by atoms with Crippen molar-refractivity contribution in [2.24, 2.45) is 0 Å². The van der Waals surface area contributed by atoms with E-state index in [2.05, 4.69) is 10.4 Å². The molecule has 23 heavy (non-hydrogen) atoms. The molecule has 1 unspecified atom stereocenters. The lowest BCUT2D eigenvalue weighted by Gasteiger charge is -2.28. The molecule has 0 aliphatic carbocycles. The van der Waals surface area contributed by atoms with Gasteiger partial charge in [0.1, 0.15) is 0 Å². The molecule has 1 atom stereocenters. The molecular formula is C18H25N3O2. The molecule has 0 saturated carbocycles. The van der Waals surface area contributed by atoms with Crippen molar-refractivity contribution in [1.29, 1.82) is 0 Å². The van der Waals surface area contributed by atoms with E-state index in [0.29, 0.717) is 18.5 Å². The molecule has 1 heterocycles. The lowest BCUT2D eigenvalue weighted by molar-refractivity contribution is 0.0885. The van der Waals surface area contributed by atoms with Crippen molar-refractivity contribution in [1.82, 2.24) is 15.1 Å². The second-order valence-electron chi connectivity index (χ2n) is 6.13. The SMILES string of the molecule is CCC(C)(CCO)NC(=O)c1cnn(Cc2ccccc2)c1C. The average Bonchev–Trinajstić information content (AvgIpc) is 2.89. The quantitative estimate of drug-likeness (QED) is 0.825. The van der Waals surface area contributed by atoms with Crippen molar-refractivity contribution >= 4 is 5.91 Å². The molecule has 2 rings (SSSR count). The van der Waals surface area contributed by atoms with Gasteiger partial charge in [0.05, 0.1) is 18.3 Å². The molecule has 124 valence electrons. The summed E-state index contributed by atoms with van der Waals surface area (Å²) >= 11 is 0. The number of aliphatic hydroxyl groups excluding tert-OH is 1. The van der Waals surface area contributed by atoms with Crippen LogP contribution in [0, 0.1) is 6.92 Å². The molecule has 0 spiro atoms. The molecule has 1 aromatic heterocycles.